The topological polar surface area (TPSA) is 104 Å². The second-order valence-corrected chi connectivity index (χ2v) is 8.76. The van der Waals surface area contributed by atoms with Crippen LogP contribution in [0, 0.1) is 5.95 Å². The number of aromatic nitrogens is 4. The van der Waals surface area contributed by atoms with Crippen molar-refractivity contribution in [1.82, 2.24) is 25.1 Å². The van der Waals surface area contributed by atoms with Gasteiger partial charge in [0.2, 0.25) is 5.95 Å². The first-order chi connectivity index (χ1) is 16.4. The van der Waals surface area contributed by atoms with E-state index >= 15 is 0 Å². The number of hydrogen-bond donors (Lipinski definition) is 2. The zero-order chi connectivity index (χ0) is 23.8. The molecule has 4 aromatic rings. The van der Waals surface area contributed by atoms with E-state index in [0.717, 1.165) is 31.9 Å². The summed E-state index contributed by atoms with van der Waals surface area (Å²) in [4.78, 5) is 25.2. The summed E-state index contributed by atoms with van der Waals surface area (Å²) in [5.74, 6) is -0.739. The molecule has 5 rings (SSSR count). The number of benzene rings is 2. The van der Waals surface area contributed by atoms with Gasteiger partial charge in [-0.1, -0.05) is 18.2 Å². The Hall–Kier alpha value is -3.85. The third-order valence-electron chi connectivity index (χ3n) is 6.37. The summed E-state index contributed by atoms with van der Waals surface area (Å²) in [6, 6.07) is 13.4. The van der Waals surface area contributed by atoms with Crippen molar-refractivity contribution in [2.75, 3.05) is 36.8 Å². The fraction of sp³-hybridized carbons (Fsp3) is 0.280. The fourth-order valence-electron chi connectivity index (χ4n) is 4.39. The SMILES string of the molecule is CC(C)N1CCN(c2ccc(-c3nc(-c4ccc5c(=O)[nH]ncc5c4)c(N)nc3F)cc2)CC1. The molecule has 2 aromatic carbocycles. The molecule has 174 valence electrons. The number of nitrogens with one attached hydrogen (secondary N) is 1. The van der Waals surface area contributed by atoms with E-state index < -0.39 is 5.95 Å². The van der Waals surface area contributed by atoms with Crippen LogP contribution < -0.4 is 16.2 Å². The van der Waals surface area contributed by atoms with E-state index in [1.54, 1.807) is 24.4 Å². The maximum Gasteiger partial charge on any atom is 0.272 e. The van der Waals surface area contributed by atoms with Crippen molar-refractivity contribution in [3.63, 3.8) is 0 Å². The number of H-pyrrole nitrogens is 1. The van der Waals surface area contributed by atoms with Crippen LogP contribution in [0.4, 0.5) is 15.9 Å². The van der Waals surface area contributed by atoms with Gasteiger partial charge >= 0.3 is 0 Å². The lowest BCUT2D eigenvalue weighted by atomic mass is 10.1. The number of fused-ring (bicyclic) bond motifs is 1. The van der Waals surface area contributed by atoms with Crippen LogP contribution in [0.2, 0.25) is 0 Å². The highest BCUT2D eigenvalue weighted by molar-refractivity contribution is 5.87. The lowest BCUT2D eigenvalue weighted by Crippen LogP contribution is -2.48. The normalized spacial score (nSPS) is 14.8. The number of piperazine rings is 1. The van der Waals surface area contributed by atoms with Crippen molar-refractivity contribution in [3.05, 3.63) is 65.0 Å². The molecule has 0 spiro atoms. The first kappa shape index (κ1) is 22.0. The molecule has 34 heavy (non-hydrogen) atoms. The van der Waals surface area contributed by atoms with E-state index in [-0.39, 0.29) is 17.1 Å². The Morgan fingerprint density at radius 2 is 1.68 bits per heavy atom. The Morgan fingerprint density at radius 3 is 2.38 bits per heavy atom. The monoisotopic (exact) mass is 459 g/mol. The zero-order valence-corrected chi connectivity index (χ0v) is 19.1. The lowest BCUT2D eigenvalue weighted by Gasteiger charge is -2.38. The van der Waals surface area contributed by atoms with Gasteiger partial charge in [0.1, 0.15) is 11.4 Å². The van der Waals surface area contributed by atoms with Gasteiger partial charge in [-0.05, 0) is 38.1 Å². The van der Waals surface area contributed by atoms with E-state index in [9.17, 15) is 9.18 Å². The highest BCUT2D eigenvalue weighted by Gasteiger charge is 2.20. The molecule has 0 radical (unpaired) electrons. The average Bonchev–Trinajstić information content (AvgIpc) is 2.84. The maximum atomic E-state index is 14.8. The number of rotatable bonds is 4. The third-order valence-corrected chi connectivity index (χ3v) is 6.37. The first-order valence-electron chi connectivity index (χ1n) is 11.3. The molecule has 0 bridgehead atoms. The van der Waals surface area contributed by atoms with E-state index in [2.05, 4.69) is 43.8 Å². The molecule has 0 unspecified atom stereocenters. The minimum Gasteiger partial charge on any atom is -0.382 e. The average molecular weight is 460 g/mol. The van der Waals surface area contributed by atoms with Gasteiger partial charge < -0.3 is 10.6 Å². The number of nitrogens with two attached hydrogens (primary N) is 1. The van der Waals surface area contributed by atoms with E-state index in [1.807, 2.05) is 24.3 Å². The Labute approximate surface area is 196 Å². The molecule has 9 heteroatoms. The summed E-state index contributed by atoms with van der Waals surface area (Å²) in [6.07, 6.45) is 1.55. The zero-order valence-electron chi connectivity index (χ0n) is 19.1. The van der Waals surface area contributed by atoms with Gasteiger partial charge in [0.25, 0.3) is 5.56 Å². The molecule has 0 amide bonds. The summed E-state index contributed by atoms with van der Waals surface area (Å²) in [7, 11) is 0. The van der Waals surface area contributed by atoms with Gasteiger partial charge in [0, 0.05) is 54.4 Å². The molecule has 2 aromatic heterocycles. The van der Waals surface area contributed by atoms with Gasteiger partial charge in [0.05, 0.1) is 11.6 Å². The number of nitrogen functional groups attached to an aromatic ring is 1. The second-order valence-electron chi connectivity index (χ2n) is 8.76. The first-order valence-corrected chi connectivity index (χ1v) is 11.3. The van der Waals surface area contributed by atoms with Crippen molar-refractivity contribution in [2.45, 2.75) is 19.9 Å². The van der Waals surface area contributed by atoms with Crippen LogP contribution in [-0.2, 0) is 0 Å². The number of anilines is 2. The fourth-order valence-corrected chi connectivity index (χ4v) is 4.39. The van der Waals surface area contributed by atoms with Crippen molar-refractivity contribution < 1.29 is 4.39 Å². The molecule has 0 atom stereocenters. The summed E-state index contributed by atoms with van der Waals surface area (Å²) in [5.41, 5.74) is 8.57. The third kappa shape index (κ3) is 4.10. The standard InChI is InChI=1S/C25H26FN7O/c1-15(2)32-9-11-33(12-10-32)19-6-3-16(4-7-19)21-23(26)30-24(27)22(29-21)17-5-8-20-18(13-17)14-28-31-25(20)34/h3-8,13-15H,9-12H2,1-2H3,(H2,27,30)(H,31,34). The second kappa shape index (κ2) is 8.83. The molecule has 1 saturated heterocycles. The number of aromatic amines is 1. The predicted molar refractivity (Wildman–Crippen MR) is 132 cm³/mol. The van der Waals surface area contributed by atoms with Crippen LogP contribution in [-0.4, -0.2) is 57.3 Å². The van der Waals surface area contributed by atoms with Crippen LogP contribution in [0.25, 0.3) is 33.3 Å². The largest absolute Gasteiger partial charge is 0.382 e. The molecule has 1 aliphatic rings. The Balaban J connectivity index is 1.45. The van der Waals surface area contributed by atoms with Gasteiger partial charge in [-0.25, -0.2) is 10.1 Å². The van der Waals surface area contributed by atoms with Crippen molar-refractivity contribution in [2.24, 2.45) is 0 Å². The Bertz CT molecular complexity index is 1390. The van der Waals surface area contributed by atoms with Gasteiger partial charge in [-0.2, -0.15) is 14.5 Å². The van der Waals surface area contributed by atoms with Gasteiger partial charge in [-0.3, -0.25) is 9.69 Å². The molecule has 0 aliphatic carbocycles. The van der Waals surface area contributed by atoms with E-state index in [0.29, 0.717) is 33.6 Å². The highest BCUT2D eigenvalue weighted by atomic mass is 19.1. The summed E-state index contributed by atoms with van der Waals surface area (Å²) >= 11 is 0. The van der Waals surface area contributed by atoms with Crippen LogP contribution in [0.15, 0.2) is 53.5 Å². The van der Waals surface area contributed by atoms with Gasteiger partial charge in [0.15, 0.2) is 5.82 Å². The number of nitrogens with zero attached hydrogens (tertiary/aromatic N) is 5. The molecular formula is C25H26FN7O. The van der Waals surface area contributed by atoms with E-state index in [1.165, 1.54) is 0 Å². The van der Waals surface area contributed by atoms with Crippen molar-refractivity contribution in [1.29, 1.82) is 0 Å². The number of halogens is 1. The summed E-state index contributed by atoms with van der Waals surface area (Å²) in [6.45, 7) is 8.39. The van der Waals surface area contributed by atoms with Gasteiger partial charge in [-0.15, -0.1) is 0 Å². The molecule has 1 aliphatic heterocycles. The van der Waals surface area contributed by atoms with Crippen LogP contribution in [0.1, 0.15) is 13.8 Å². The molecule has 3 N–H and O–H groups in total. The van der Waals surface area contributed by atoms with Crippen LogP contribution in [0.5, 0.6) is 0 Å². The maximum absolute atomic E-state index is 14.8. The lowest BCUT2D eigenvalue weighted by molar-refractivity contribution is 0.209. The molecule has 0 saturated carbocycles. The van der Waals surface area contributed by atoms with E-state index in [4.69, 9.17) is 5.73 Å². The van der Waals surface area contributed by atoms with Crippen LogP contribution in [0.3, 0.4) is 0 Å². The molecular weight excluding hydrogens is 433 g/mol. The Kier molecular flexibility index (Phi) is 5.70. The van der Waals surface area contributed by atoms with Crippen molar-refractivity contribution in [3.8, 4) is 22.5 Å². The highest BCUT2D eigenvalue weighted by Crippen LogP contribution is 2.30. The minimum atomic E-state index is -0.724. The Morgan fingerprint density at radius 1 is 0.971 bits per heavy atom. The quantitative estimate of drug-likeness (QED) is 0.483. The predicted octanol–water partition coefficient (Wildman–Crippen LogP) is 3.30. The van der Waals surface area contributed by atoms with Crippen LogP contribution >= 0.6 is 0 Å². The minimum absolute atomic E-state index is 0.0157. The summed E-state index contributed by atoms with van der Waals surface area (Å²) < 4.78 is 14.8. The summed E-state index contributed by atoms with van der Waals surface area (Å²) in [5, 5.41) is 7.37. The number of hydrogen-bond acceptors (Lipinski definition) is 7. The molecule has 3 heterocycles. The molecule has 8 nitrogen and oxygen atoms in total. The van der Waals surface area contributed by atoms with Crippen molar-refractivity contribution >= 4 is 22.3 Å². The molecule has 1 fully saturated rings. The smallest absolute Gasteiger partial charge is 0.272 e.